The Morgan fingerprint density at radius 3 is 2.44 bits per heavy atom. The van der Waals surface area contributed by atoms with Crippen LogP contribution in [0.3, 0.4) is 0 Å². The van der Waals surface area contributed by atoms with Crippen molar-refractivity contribution in [1.29, 1.82) is 0 Å². The van der Waals surface area contributed by atoms with Gasteiger partial charge in [-0.2, -0.15) is 0 Å². The zero-order valence-electron chi connectivity index (χ0n) is 15.7. The summed E-state index contributed by atoms with van der Waals surface area (Å²) in [6, 6.07) is 18.8. The van der Waals surface area contributed by atoms with E-state index in [0.29, 0.717) is 19.4 Å². The summed E-state index contributed by atoms with van der Waals surface area (Å²) in [5.41, 5.74) is 4.95. The average Bonchev–Trinajstić information content (AvgIpc) is 2.67. The van der Waals surface area contributed by atoms with E-state index in [9.17, 15) is 9.18 Å². The molecule has 0 saturated carbocycles. The molecule has 0 unspecified atom stereocenters. The molecule has 0 atom stereocenters. The summed E-state index contributed by atoms with van der Waals surface area (Å²) in [4.78, 5) is 18.9. The van der Waals surface area contributed by atoms with Gasteiger partial charge in [0.15, 0.2) is 0 Å². The first-order valence-corrected chi connectivity index (χ1v) is 9.05. The molecule has 0 N–H and O–H groups in total. The Labute approximate surface area is 159 Å². The van der Waals surface area contributed by atoms with Crippen LogP contribution in [0.5, 0.6) is 0 Å². The molecule has 1 aromatic heterocycles. The van der Waals surface area contributed by atoms with Crippen LogP contribution in [-0.4, -0.2) is 17.4 Å². The molecule has 27 heavy (non-hydrogen) atoms. The number of halogens is 1. The minimum Gasteiger partial charge on any atom is -0.312 e. The van der Waals surface area contributed by atoms with Crippen molar-refractivity contribution < 1.29 is 9.18 Å². The van der Waals surface area contributed by atoms with Crippen LogP contribution in [-0.2, 0) is 17.6 Å². The standard InChI is InChI=1S/C23H23FN2O/c1-17-8-11-22(14-18(17)2)26(13-12-21-10-9-20(24)16-25-21)23(27)15-19-6-4-3-5-7-19/h3-11,14,16H,12-13,15H2,1-2H3. The Bertz CT molecular complexity index is 907. The second kappa shape index (κ2) is 8.58. The summed E-state index contributed by atoms with van der Waals surface area (Å²) >= 11 is 0. The summed E-state index contributed by atoms with van der Waals surface area (Å²) in [7, 11) is 0. The number of anilines is 1. The smallest absolute Gasteiger partial charge is 0.231 e. The van der Waals surface area contributed by atoms with E-state index in [1.54, 1.807) is 11.0 Å². The summed E-state index contributed by atoms with van der Waals surface area (Å²) < 4.78 is 13.1. The van der Waals surface area contributed by atoms with E-state index in [-0.39, 0.29) is 11.7 Å². The molecule has 3 rings (SSSR count). The van der Waals surface area contributed by atoms with E-state index >= 15 is 0 Å². The lowest BCUT2D eigenvalue weighted by atomic mass is 10.1. The van der Waals surface area contributed by atoms with Gasteiger partial charge in [0.1, 0.15) is 5.82 Å². The maximum atomic E-state index is 13.1. The quantitative estimate of drug-likeness (QED) is 0.639. The van der Waals surface area contributed by atoms with Crippen molar-refractivity contribution in [2.24, 2.45) is 0 Å². The molecule has 138 valence electrons. The highest BCUT2D eigenvalue weighted by Crippen LogP contribution is 2.20. The van der Waals surface area contributed by atoms with Crippen LogP contribution in [0.15, 0.2) is 66.9 Å². The van der Waals surface area contributed by atoms with Gasteiger partial charge in [-0.3, -0.25) is 9.78 Å². The van der Waals surface area contributed by atoms with Gasteiger partial charge >= 0.3 is 0 Å². The molecule has 1 heterocycles. The summed E-state index contributed by atoms with van der Waals surface area (Å²) in [6.07, 6.45) is 2.11. The van der Waals surface area contributed by atoms with Crippen LogP contribution in [0.2, 0.25) is 0 Å². The number of carbonyl (C=O) groups excluding carboxylic acids is 1. The summed E-state index contributed by atoms with van der Waals surface area (Å²) in [5, 5.41) is 0. The predicted octanol–water partition coefficient (Wildman–Crippen LogP) is 4.66. The first-order valence-electron chi connectivity index (χ1n) is 9.05. The van der Waals surface area contributed by atoms with E-state index in [4.69, 9.17) is 0 Å². The van der Waals surface area contributed by atoms with E-state index in [2.05, 4.69) is 11.9 Å². The molecule has 3 aromatic rings. The Morgan fingerprint density at radius 2 is 1.78 bits per heavy atom. The molecule has 0 saturated heterocycles. The zero-order valence-corrected chi connectivity index (χ0v) is 15.7. The van der Waals surface area contributed by atoms with E-state index in [0.717, 1.165) is 22.5 Å². The Kier molecular flexibility index (Phi) is 5.97. The number of rotatable bonds is 6. The maximum absolute atomic E-state index is 13.1. The first-order chi connectivity index (χ1) is 13.0. The van der Waals surface area contributed by atoms with E-state index in [1.807, 2.05) is 55.5 Å². The van der Waals surface area contributed by atoms with Crippen molar-refractivity contribution in [3.8, 4) is 0 Å². The van der Waals surface area contributed by atoms with Gasteiger partial charge < -0.3 is 4.90 Å². The van der Waals surface area contributed by atoms with Crippen LogP contribution < -0.4 is 4.90 Å². The lowest BCUT2D eigenvalue weighted by Crippen LogP contribution is -2.34. The van der Waals surface area contributed by atoms with Gasteiger partial charge in [0.05, 0.1) is 12.6 Å². The van der Waals surface area contributed by atoms with E-state index < -0.39 is 0 Å². The molecule has 1 amide bonds. The highest BCUT2D eigenvalue weighted by atomic mass is 19.1. The average molecular weight is 362 g/mol. The minimum atomic E-state index is -0.357. The van der Waals surface area contributed by atoms with Gasteiger partial charge in [0.25, 0.3) is 0 Å². The fraction of sp³-hybridized carbons (Fsp3) is 0.217. The van der Waals surface area contributed by atoms with Gasteiger partial charge in [0, 0.05) is 24.3 Å². The molecule has 0 spiro atoms. The highest BCUT2D eigenvalue weighted by Gasteiger charge is 2.17. The van der Waals surface area contributed by atoms with Crippen molar-refractivity contribution in [1.82, 2.24) is 4.98 Å². The summed E-state index contributed by atoms with van der Waals surface area (Å²) in [5.74, 6) is -0.323. The molecule has 0 fully saturated rings. The number of amides is 1. The Morgan fingerprint density at radius 1 is 1.00 bits per heavy atom. The molecule has 4 heteroatoms. The topological polar surface area (TPSA) is 33.2 Å². The van der Waals surface area contributed by atoms with E-state index in [1.165, 1.54) is 17.8 Å². The number of carbonyl (C=O) groups is 1. The molecule has 3 nitrogen and oxygen atoms in total. The van der Waals surface area contributed by atoms with Crippen molar-refractivity contribution in [2.45, 2.75) is 26.7 Å². The number of aryl methyl sites for hydroxylation is 2. The van der Waals surface area contributed by atoms with Crippen molar-refractivity contribution in [3.05, 3.63) is 95.1 Å². The van der Waals surface area contributed by atoms with Gasteiger partial charge in [-0.15, -0.1) is 0 Å². The maximum Gasteiger partial charge on any atom is 0.231 e. The first kappa shape index (κ1) is 18.8. The molecule has 0 aliphatic carbocycles. The van der Waals surface area contributed by atoms with Gasteiger partial charge in [-0.1, -0.05) is 36.4 Å². The van der Waals surface area contributed by atoms with Crippen molar-refractivity contribution in [3.63, 3.8) is 0 Å². The summed E-state index contributed by atoms with van der Waals surface area (Å²) in [6.45, 7) is 4.59. The lowest BCUT2D eigenvalue weighted by molar-refractivity contribution is -0.118. The lowest BCUT2D eigenvalue weighted by Gasteiger charge is -2.24. The monoisotopic (exact) mass is 362 g/mol. The fourth-order valence-corrected chi connectivity index (χ4v) is 2.94. The number of hydrogen-bond donors (Lipinski definition) is 0. The van der Waals surface area contributed by atoms with Gasteiger partial charge in [-0.05, 0) is 54.8 Å². The third kappa shape index (κ3) is 5.00. The normalized spacial score (nSPS) is 10.6. The molecular formula is C23H23FN2O. The number of aromatic nitrogens is 1. The molecular weight excluding hydrogens is 339 g/mol. The predicted molar refractivity (Wildman–Crippen MR) is 106 cm³/mol. The SMILES string of the molecule is Cc1ccc(N(CCc2ccc(F)cn2)C(=O)Cc2ccccc2)cc1C. The zero-order chi connectivity index (χ0) is 19.2. The fourth-order valence-electron chi connectivity index (χ4n) is 2.94. The Balaban J connectivity index is 1.82. The third-order valence-electron chi connectivity index (χ3n) is 4.68. The van der Waals surface area contributed by atoms with Gasteiger partial charge in [-0.25, -0.2) is 4.39 Å². The largest absolute Gasteiger partial charge is 0.312 e. The third-order valence-corrected chi connectivity index (χ3v) is 4.68. The van der Waals surface area contributed by atoms with Crippen LogP contribution in [0.25, 0.3) is 0 Å². The molecule has 0 aliphatic rings. The second-order valence-electron chi connectivity index (χ2n) is 6.69. The van der Waals surface area contributed by atoms with Crippen molar-refractivity contribution >= 4 is 11.6 Å². The van der Waals surface area contributed by atoms with Crippen LogP contribution in [0, 0.1) is 19.7 Å². The number of nitrogens with zero attached hydrogens (tertiary/aromatic N) is 2. The second-order valence-corrected chi connectivity index (χ2v) is 6.69. The number of hydrogen-bond acceptors (Lipinski definition) is 2. The molecule has 0 radical (unpaired) electrons. The minimum absolute atomic E-state index is 0.0339. The molecule has 0 bridgehead atoms. The number of benzene rings is 2. The highest BCUT2D eigenvalue weighted by molar-refractivity contribution is 5.94. The Hall–Kier alpha value is -3.01. The molecule has 0 aliphatic heterocycles. The van der Waals surface area contributed by atoms with Gasteiger partial charge in [0.2, 0.25) is 5.91 Å². The number of pyridine rings is 1. The van der Waals surface area contributed by atoms with Crippen LogP contribution in [0.4, 0.5) is 10.1 Å². The molecule has 2 aromatic carbocycles. The van der Waals surface area contributed by atoms with Crippen LogP contribution >= 0.6 is 0 Å². The van der Waals surface area contributed by atoms with Crippen molar-refractivity contribution in [2.75, 3.05) is 11.4 Å². The van der Waals surface area contributed by atoms with Crippen LogP contribution in [0.1, 0.15) is 22.4 Å².